The van der Waals surface area contributed by atoms with Crippen molar-refractivity contribution >= 4 is 21.8 Å². The van der Waals surface area contributed by atoms with E-state index in [9.17, 15) is 35.6 Å². The number of hydrazine groups is 1. The van der Waals surface area contributed by atoms with Crippen molar-refractivity contribution in [3.8, 4) is 11.5 Å². The topological polar surface area (TPSA) is 123 Å². The molecule has 0 heterocycles. The highest BCUT2D eigenvalue weighted by molar-refractivity contribution is 7.89. The molecule has 9 nitrogen and oxygen atoms in total. The number of alkyl halides is 3. The van der Waals surface area contributed by atoms with Crippen molar-refractivity contribution in [3.63, 3.8) is 0 Å². The zero-order chi connectivity index (χ0) is 23.8. The van der Waals surface area contributed by atoms with Gasteiger partial charge in [-0.15, -0.1) is 13.2 Å². The van der Waals surface area contributed by atoms with E-state index in [-0.39, 0.29) is 23.6 Å². The fraction of sp³-hybridized carbons (Fsp3) is 0.222. The molecule has 0 spiro atoms. The maximum absolute atomic E-state index is 12.8. The van der Waals surface area contributed by atoms with Crippen LogP contribution in [0.3, 0.4) is 0 Å². The summed E-state index contributed by atoms with van der Waals surface area (Å²) in [7, 11) is -4.09. The van der Waals surface area contributed by atoms with Crippen molar-refractivity contribution in [2.45, 2.75) is 17.7 Å². The Morgan fingerprint density at radius 2 is 1.44 bits per heavy atom. The van der Waals surface area contributed by atoms with Gasteiger partial charge in [-0.25, -0.2) is 17.5 Å². The average molecular weight is 479 g/mol. The third kappa shape index (κ3) is 8.77. The number of halogens is 4. The summed E-state index contributed by atoms with van der Waals surface area (Å²) in [5, 5.41) is 0. The number of amides is 2. The van der Waals surface area contributed by atoms with E-state index < -0.39 is 46.4 Å². The predicted molar refractivity (Wildman–Crippen MR) is 101 cm³/mol. The molecule has 0 saturated heterocycles. The molecular weight excluding hydrogens is 462 g/mol. The molecule has 32 heavy (non-hydrogen) atoms. The van der Waals surface area contributed by atoms with Crippen LogP contribution in [0.25, 0.3) is 0 Å². The van der Waals surface area contributed by atoms with Gasteiger partial charge >= 0.3 is 6.36 Å². The summed E-state index contributed by atoms with van der Waals surface area (Å²) in [6.45, 7) is -0.816. The first-order valence-electron chi connectivity index (χ1n) is 8.76. The summed E-state index contributed by atoms with van der Waals surface area (Å²) in [5.74, 6) is -2.27. The van der Waals surface area contributed by atoms with Crippen molar-refractivity contribution in [1.29, 1.82) is 0 Å². The fourth-order valence-electron chi connectivity index (χ4n) is 2.12. The zero-order valence-electron chi connectivity index (χ0n) is 16.1. The molecule has 0 unspecified atom stereocenters. The van der Waals surface area contributed by atoms with E-state index in [1.165, 1.54) is 12.1 Å². The number of hydrogen-bond donors (Lipinski definition) is 3. The highest BCUT2D eigenvalue weighted by Crippen LogP contribution is 2.23. The highest BCUT2D eigenvalue weighted by Gasteiger charge is 2.31. The largest absolute Gasteiger partial charge is 0.573 e. The lowest BCUT2D eigenvalue weighted by Crippen LogP contribution is -2.44. The summed E-state index contributed by atoms with van der Waals surface area (Å²) < 4.78 is 84.2. The molecule has 0 fully saturated rings. The second kappa shape index (κ2) is 10.8. The van der Waals surface area contributed by atoms with Gasteiger partial charge in [0.2, 0.25) is 15.9 Å². The molecule has 2 aromatic carbocycles. The van der Waals surface area contributed by atoms with Crippen LogP contribution in [0.15, 0.2) is 53.4 Å². The summed E-state index contributed by atoms with van der Waals surface area (Å²) in [6, 6.07) is 8.38. The van der Waals surface area contributed by atoms with Crippen LogP contribution in [0, 0.1) is 5.82 Å². The molecular formula is C18H17F4N3O6S. The molecule has 0 aliphatic rings. The van der Waals surface area contributed by atoms with Crippen LogP contribution in [0.4, 0.5) is 17.6 Å². The molecule has 3 N–H and O–H groups in total. The summed E-state index contributed by atoms with van der Waals surface area (Å²) in [4.78, 5) is 23.0. The van der Waals surface area contributed by atoms with Gasteiger partial charge < -0.3 is 9.47 Å². The average Bonchev–Trinajstić information content (AvgIpc) is 2.71. The lowest BCUT2D eigenvalue weighted by Gasteiger charge is -2.11. The van der Waals surface area contributed by atoms with Crippen molar-refractivity contribution < 1.29 is 45.0 Å². The second-order valence-electron chi connectivity index (χ2n) is 6.01. The smallest absolute Gasteiger partial charge is 0.484 e. The van der Waals surface area contributed by atoms with Gasteiger partial charge in [-0.1, -0.05) is 0 Å². The molecule has 0 bridgehead atoms. The number of carbonyl (C=O) groups is 2. The van der Waals surface area contributed by atoms with E-state index in [4.69, 9.17) is 4.74 Å². The van der Waals surface area contributed by atoms with Crippen LogP contribution >= 0.6 is 0 Å². The summed E-state index contributed by atoms with van der Waals surface area (Å²) in [5.41, 5.74) is 4.09. The van der Waals surface area contributed by atoms with Gasteiger partial charge in [-0.3, -0.25) is 20.4 Å². The first-order valence-corrected chi connectivity index (χ1v) is 10.2. The van der Waals surface area contributed by atoms with Crippen molar-refractivity contribution in [2.24, 2.45) is 0 Å². The predicted octanol–water partition coefficient (Wildman–Crippen LogP) is 1.62. The van der Waals surface area contributed by atoms with Crippen LogP contribution in [0.1, 0.15) is 6.42 Å². The Morgan fingerprint density at radius 1 is 0.875 bits per heavy atom. The number of hydrogen-bond acceptors (Lipinski definition) is 6. The maximum Gasteiger partial charge on any atom is 0.573 e. The number of ether oxygens (including phenoxy) is 2. The minimum atomic E-state index is -4.91. The zero-order valence-corrected chi connectivity index (χ0v) is 16.9. The minimum absolute atomic E-state index is 0.236. The van der Waals surface area contributed by atoms with E-state index >= 15 is 0 Å². The lowest BCUT2D eigenvalue weighted by molar-refractivity contribution is -0.274. The van der Waals surface area contributed by atoms with Crippen molar-refractivity contribution in [1.82, 2.24) is 15.6 Å². The van der Waals surface area contributed by atoms with Gasteiger partial charge in [-0.2, -0.15) is 0 Å². The van der Waals surface area contributed by atoms with Crippen molar-refractivity contribution in [3.05, 3.63) is 54.3 Å². The Hall–Kier alpha value is -3.39. The molecule has 2 amide bonds. The van der Waals surface area contributed by atoms with Crippen LogP contribution in [0.5, 0.6) is 11.5 Å². The Labute approximate surface area is 179 Å². The fourth-order valence-corrected chi connectivity index (χ4v) is 3.15. The van der Waals surface area contributed by atoms with Crippen LogP contribution < -0.4 is 25.0 Å². The molecule has 0 aliphatic carbocycles. The van der Waals surface area contributed by atoms with Gasteiger partial charge in [0.1, 0.15) is 17.3 Å². The quantitative estimate of drug-likeness (QED) is 0.371. The first kappa shape index (κ1) is 24.9. The lowest BCUT2D eigenvalue weighted by atomic mass is 10.3. The Bertz CT molecular complexity index is 1030. The third-order valence-corrected chi connectivity index (χ3v) is 5.01. The molecule has 0 aliphatic heterocycles. The molecule has 174 valence electrons. The molecule has 0 saturated carbocycles. The molecule has 2 aromatic rings. The molecule has 0 radical (unpaired) electrons. The van der Waals surface area contributed by atoms with Crippen LogP contribution in [-0.2, 0) is 19.6 Å². The van der Waals surface area contributed by atoms with Gasteiger partial charge in [0.05, 0.1) is 4.90 Å². The van der Waals surface area contributed by atoms with E-state index in [0.29, 0.717) is 0 Å². The molecule has 2 rings (SSSR count). The first-order chi connectivity index (χ1) is 14.9. The number of nitrogens with one attached hydrogen (secondary N) is 3. The summed E-state index contributed by atoms with van der Waals surface area (Å²) in [6.07, 6.45) is -5.26. The van der Waals surface area contributed by atoms with Crippen LogP contribution in [-0.4, -0.2) is 39.7 Å². The normalized spacial score (nSPS) is 11.5. The SMILES string of the molecule is O=C(CCNS(=O)(=O)c1ccc(OC(F)(F)F)cc1)NNC(=O)COc1ccc(F)cc1. The number of sulfonamides is 1. The Morgan fingerprint density at radius 3 is 2.03 bits per heavy atom. The third-order valence-electron chi connectivity index (χ3n) is 3.54. The van der Waals surface area contributed by atoms with Gasteiger partial charge in [0, 0.05) is 13.0 Å². The number of benzene rings is 2. The van der Waals surface area contributed by atoms with E-state index in [1.54, 1.807) is 0 Å². The van der Waals surface area contributed by atoms with Gasteiger partial charge in [-0.05, 0) is 48.5 Å². The highest BCUT2D eigenvalue weighted by atomic mass is 32.2. The standard InChI is InChI=1S/C18H17F4N3O6S/c19-12-1-3-13(4-2-12)30-11-17(27)25-24-16(26)9-10-23-32(28,29)15-7-5-14(6-8-15)31-18(20,21)22/h1-8,23H,9-11H2,(H,24,26)(H,25,27). The number of carbonyl (C=O) groups excluding carboxylic acids is 2. The maximum atomic E-state index is 12.8. The Balaban J connectivity index is 1.71. The molecule has 0 atom stereocenters. The van der Waals surface area contributed by atoms with E-state index in [2.05, 4.69) is 9.46 Å². The Kier molecular flexibility index (Phi) is 8.37. The minimum Gasteiger partial charge on any atom is -0.484 e. The van der Waals surface area contributed by atoms with Gasteiger partial charge in [0.15, 0.2) is 6.61 Å². The molecule has 14 heteroatoms. The van der Waals surface area contributed by atoms with Crippen molar-refractivity contribution in [2.75, 3.05) is 13.2 Å². The monoisotopic (exact) mass is 479 g/mol. The summed E-state index contributed by atoms with van der Waals surface area (Å²) >= 11 is 0. The molecule has 0 aromatic heterocycles. The second-order valence-corrected chi connectivity index (χ2v) is 7.77. The van der Waals surface area contributed by atoms with E-state index in [0.717, 1.165) is 36.4 Å². The van der Waals surface area contributed by atoms with E-state index in [1.807, 2.05) is 10.9 Å². The number of rotatable bonds is 9. The van der Waals surface area contributed by atoms with Gasteiger partial charge in [0.25, 0.3) is 5.91 Å². The van der Waals surface area contributed by atoms with Crippen LogP contribution in [0.2, 0.25) is 0 Å².